The van der Waals surface area contributed by atoms with Gasteiger partial charge in [0.15, 0.2) is 0 Å². The van der Waals surface area contributed by atoms with E-state index in [1.807, 2.05) is 6.92 Å². The summed E-state index contributed by atoms with van der Waals surface area (Å²) in [6.07, 6.45) is 1.16. The highest BCUT2D eigenvalue weighted by atomic mass is 16.3. The van der Waals surface area contributed by atoms with Gasteiger partial charge in [-0.05, 0) is 33.5 Å². The van der Waals surface area contributed by atoms with E-state index in [-0.39, 0.29) is 18.6 Å². The van der Waals surface area contributed by atoms with Gasteiger partial charge in [-0.1, -0.05) is 6.92 Å². The van der Waals surface area contributed by atoms with Gasteiger partial charge in [-0.25, -0.2) is 0 Å². The maximum absolute atomic E-state index is 9.33. The van der Waals surface area contributed by atoms with Gasteiger partial charge in [0.05, 0.1) is 13.2 Å². The second kappa shape index (κ2) is 5.96. The summed E-state index contributed by atoms with van der Waals surface area (Å²) in [5.41, 5.74) is -0.378. The van der Waals surface area contributed by atoms with Gasteiger partial charge in [-0.2, -0.15) is 0 Å². The van der Waals surface area contributed by atoms with Crippen LogP contribution in [0.25, 0.3) is 0 Å². The fourth-order valence-electron chi connectivity index (χ4n) is 2.30. The molecule has 0 aliphatic carbocycles. The lowest BCUT2D eigenvalue weighted by Gasteiger charge is -2.35. The Morgan fingerprint density at radius 2 is 1.88 bits per heavy atom. The molecule has 1 atom stereocenters. The normalized spacial score (nSPS) is 25.7. The third-order valence-corrected chi connectivity index (χ3v) is 3.53. The molecule has 0 amide bonds. The molecule has 1 fully saturated rings. The van der Waals surface area contributed by atoms with E-state index in [0.717, 1.165) is 32.6 Å². The third-order valence-electron chi connectivity index (χ3n) is 3.53. The van der Waals surface area contributed by atoms with Crippen molar-refractivity contribution in [2.75, 3.05) is 46.4 Å². The van der Waals surface area contributed by atoms with Crippen LogP contribution in [-0.2, 0) is 0 Å². The lowest BCUT2D eigenvalue weighted by molar-refractivity contribution is 0.0249. The van der Waals surface area contributed by atoms with Gasteiger partial charge in [0, 0.05) is 24.5 Å². The Balaban J connectivity index is 2.57. The number of hydrogen-bond donors (Lipinski definition) is 2. The van der Waals surface area contributed by atoms with Crippen molar-refractivity contribution in [1.29, 1.82) is 0 Å². The van der Waals surface area contributed by atoms with Crippen LogP contribution in [0, 0.1) is 5.41 Å². The molecule has 1 rings (SSSR count). The molecular weight excluding hydrogens is 204 g/mol. The van der Waals surface area contributed by atoms with Crippen LogP contribution in [0.3, 0.4) is 0 Å². The van der Waals surface area contributed by atoms with Crippen LogP contribution >= 0.6 is 0 Å². The SMILES string of the molecule is CC1CN(C)CCCN1CC(C)(CO)CO. The van der Waals surface area contributed by atoms with Crippen LogP contribution in [0.4, 0.5) is 0 Å². The minimum Gasteiger partial charge on any atom is -0.396 e. The van der Waals surface area contributed by atoms with Crippen LogP contribution in [0.2, 0.25) is 0 Å². The Labute approximate surface area is 98.9 Å². The highest BCUT2D eigenvalue weighted by Gasteiger charge is 2.29. The molecule has 0 aromatic rings. The number of aliphatic hydroxyl groups excluding tert-OH is 2. The van der Waals surface area contributed by atoms with Gasteiger partial charge < -0.3 is 15.1 Å². The Bertz CT molecular complexity index is 207. The Morgan fingerprint density at radius 1 is 1.25 bits per heavy atom. The summed E-state index contributed by atoms with van der Waals surface area (Å²) < 4.78 is 0. The number of aliphatic hydroxyl groups is 2. The first-order valence-electron chi connectivity index (χ1n) is 6.15. The standard InChI is InChI=1S/C12H26N2O2/c1-11-7-13(3)5-4-6-14(11)8-12(2,9-15)10-16/h11,15-16H,4-10H2,1-3H3. The van der Waals surface area contributed by atoms with E-state index in [2.05, 4.69) is 23.8 Å². The molecule has 16 heavy (non-hydrogen) atoms. The van der Waals surface area contributed by atoms with Gasteiger partial charge >= 0.3 is 0 Å². The number of likely N-dealkylation sites (N-methyl/N-ethyl adjacent to an activating group) is 1. The maximum atomic E-state index is 9.33. The quantitative estimate of drug-likeness (QED) is 0.714. The van der Waals surface area contributed by atoms with Crippen molar-refractivity contribution in [3.8, 4) is 0 Å². The molecule has 0 radical (unpaired) electrons. The molecule has 1 unspecified atom stereocenters. The summed E-state index contributed by atoms with van der Waals surface area (Å²) in [6.45, 7) is 8.27. The highest BCUT2D eigenvalue weighted by Crippen LogP contribution is 2.19. The summed E-state index contributed by atoms with van der Waals surface area (Å²) in [4.78, 5) is 4.73. The van der Waals surface area contributed by atoms with Crippen molar-refractivity contribution in [3.05, 3.63) is 0 Å². The van der Waals surface area contributed by atoms with Crippen molar-refractivity contribution in [2.45, 2.75) is 26.3 Å². The molecule has 4 heteroatoms. The molecule has 1 aliphatic heterocycles. The summed E-state index contributed by atoms with van der Waals surface area (Å²) in [7, 11) is 2.15. The molecule has 0 bridgehead atoms. The van der Waals surface area contributed by atoms with Crippen LogP contribution in [0.5, 0.6) is 0 Å². The van der Waals surface area contributed by atoms with Crippen LogP contribution < -0.4 is 0 Å². The van der Waals surface area contributed by atoms with Gasteiger partial charge in [-0.3, -0.25) is 4.90 Å². The summed E-state index contributed by atoms with van der Waals surface area (Å²) >= 11 is 0. The number of rotatable bonds is 4. The first-order chi connectivity index (χ1) is 7.50. The lowest BCUT2D eigenvalue weighted by atomic mass is 9.91. The first-order valence-corrected chi connectivity index (χ1v) is 6.15. The molecule has 4 nitrogen and oxygen atoms in total. The smallest absolute Gasteiger partial charge is 0.0519 e. The van der Waals surface area contributed by atoms with E-state index in [0.29, 0.717) is 6.04 Å². The second-order valence-electron chi connectivity index (χ2n) is 5.56. The molecule has 0 spiro atoms. The summed E-state index contributed by atoms with van der Waals surface area (Å²) in [6, 6.07) is 0.491. The van der Waals surface area contributed by atoms with Gasteiger partial charge in [-0.15, -0.1) is 0 Å². The fourth-order valence-corrected chi connectivity index (χ4v) is 2.30. The zero-order chi connectivity index (χ0) is 12.2. The number of hydrogen-bond acceptors (Lipinski definition) is 4. The van der Waals surface area contributed by atoms with Gasteiger partial charge in [0.2, 0.25) is 0 Å². The first kappa shape index (κ1) is 13.9. The Hall–Kier alpha value is -0.160. The average molecular weight is 230 g/mol. The maximum Gasteiger partial charge on any atom is 0.0519 e. The largest absolute Gasteiger partial charge is 0.396 e. The monoisotopic (exact) mass is 230 g/mol. The molecule has 1 saturated heterocycles. The average Bonchev–Trinajstić information content (AvgIpc) is 2.41. The van der Waals surface area contributed by atoms with Crippen LogP contribution in [0.15, 0.2) is 0 Å². The second-order valence-corrected chi connectivity index (χ2v) is 5.56. The molecule has 0 saturated carbocycles. The molecule has 0 aromatic carbocycles. The minimum absolute atomic E-state index is 0.0442. The number of nitrogens with zero attached hydrogens (tertiary/aromatic N) is 2. The third kappa shape index (κ3) is 3.70. The molecule has 2 N–H and O–H groups in total. The van der Waals surface area contributed by atoms with Gasteiger partial charge in [0.1, 0.15) is 0 Å². The lowest BCUT2D eigenvalue weighted by Crippen LogP contribution is -2.46. The Kier molecular flexibility index (Phi) is 5.18. The van der Waals surface area contributed by atoms with E-state index in [4.69, 9.17) is 0 Å². The van der Waals surface area contributed by atoms with E-state index >= 15 is 0 Å². The van der Waals surface area contributed by atoms with E-state index < -0.39 is 0 Å². The Morgan fingerprint density at radius 3 is 2.44 bits per heavy atom. The fraction of sp³-hybridized carbons (Fsp3) is 1.00. The topological polar surface area (TPSA) is 46.9 Å². The zero-order valence-corrected chi connectivity index (χ0v) is 10.8. The van der Waals surface area contributed by atoms with Crippen molar-refractivity contribution in [2.24, 2.45) is 5.41 Å². The molecule has 1 heterocycles. The summed E-state index contributed by atoms with van der Waals surface area (Å²) in [5, 5.41) is 18.7. The predicted molar refractivity (Wildman–Crippen MR) is 65.4 cm³/mol. The van der Waals surface area contributed by atoms with Crippen LogP contribution in [-0.4, -0.2) is 72.5 Å². The van der Waals surface area contributed by atoms with Gasteiger partial charge in [0.25, 0.3) is 0 Å². The molecule has 96 valence electrons. The summed E-state index contributed by atoms with van der Waals surface area (Å²) in [5.74, 6) is 0. The predicted octanol–water partition coefficient (Wildman–Crippen LogP) is 0.00330. The van der Waals surface area contributed by atoms with Crippen molar-refractivity contribution < 1.29 is 10.2 Å². The van der Waals surface area contributed by atoms with E-state index in [9.17, 15) is 10.2 Å². The van der Waals surface area contributed by atoms with E-state index in [1.54, 1.807) is 0 Å². The zero-order valence-electron chi connectivity index (χ0n) is 10.8. The van der Waals surface area contributed by atoms with Crippen molar-refractivity contribution in [1.82, 2.24) is 9.80 Å². The minimum atomic E-state index is -0.378. The van der Waals surface area contributed by atoms with Crippen LogP contribution in [0.1, 0.15) is 20.3 Å². The molecular formula is C12H26N2O2. The van der Waals surface area contributed by atoms with Crippen molar-refractivity contribution in [3.63, 3.8) is 0 Å². The molecule has 1 aliphatic rings. The highest BCUT2D eigenvalue weighted by molar-refractivity contribution is 4.82. The van der Waals surface area contributed by atoms with E-state index in [1.165, 1.54) is 0 Å². The van der Waals surface area contributed by atoms with Crippen molar-refractivity contribution >= 4 is 0 Å². The molecule has 0 aromatic heterocycles.